The first-order valence-corrected chi connectivity index (χ1v) is 5.35. The Bertz CT molecular complexity index is 660. The summed E-state index contributed by atoms with van der Waals surface area (Å²) in [6.45, 7) is 0.373. The van der Waals surface area contributed by atoms with E-state index in [9.17, 15) is 9.59 Å². The molecule has 1 aliphatic heterocycles. The van der Waals surface area contributed by atoms with Crippen molar-refractivity contribution >= 4 is 17.6 Å². The van der Waals surface area contributed by atoms with E-state index in [0.29, 0.717) is 6.54 Å². The fourth-order valence-corrected chi connectivity index (χ4v) is 1.95. The third-order valence-corrected chi connectivity index (χ3v) is 2.82. The number of carboxylic acid groups (broad SMARTS) is 1. The van der Waals surface area contributed by atoms with Gasteiger partial charge in [0.05, 0.1) is 6.54 Å². The van der Waals surface area contributed by atoms with Crippen molar-refractivity contribution < 1.29 is 14.7 Å². The SMILES string of the molecule is O=C(O)c1cc2n(n1)Cc1ccccc1NC2=O. The maximum Gasteiger partial charge on any atom is 0.356 e. The number of aromatic nitrogens is 2. The van der Waals surface area contributed by atoms with Gasteiger partial charge in [0, 0.05) is 11.8 Å². The van der Waals surface area contributed by atoms with E-state index in [1.165, 1.54) is 10.7 Å². The third kappa shape index (κ3) is 1.55. The van der Waals surface area contributed by atoms with Crippen LogP contribution in [0.2, 0.25) is 0 Å². The summed E-state index contributed by atoms with van der Waals surface area (Å²) in [6, 6.07) is 8.64. The Morgan fingerprint density at radius 3 is 2.94 bits per heavy atom. The fraction of sp³-hybridized carbons (Fsp3) is 0.0833. The number of carbonyl (C=O) groups excluding carboxylic acids is 1. The van der Waals surface area contributed by atoms with E-state index in [2.05, 4.69) is 10.4 Å². The molecule has 6 heteroatoms. The molecule has 90 valence electrons. The monoisotopic (exact) mass is 243 g/mol. The van der Waals surface area contributed by atoms with E-state index in [1.807, 2.05) is 18.2 Å². The van der Waals surface area contributed by atoms with E-state index in [0.717, 1.165) is 11.3 Å². The zero-order valence-corrected chi connectivity index (χ0v) is 9.25. The number of nitrogens with zero attached hydrogens (tertiary/aromatic N) is 2. The number of carbonyl (C=O) groups is 2. The molecule has 2 aromatic rings. The molecule has 6 nitrogen and oxygen atoms in total. The lowest BCUT2D eigenvalue weighted by Crippen LogP contribution is -2.13. The summed E-state index contributed by atoms with van der Waals surface area (Å²) in [5, 5.41) is 15.5. The van der Waals surface area contributed by atoms with Crippen molar-refractivity contribution in [2.24, 2.45) is 0 Å². The lowest BCUT2D eigenvalue weighted by Gasteiger charge is -2.04. The molecule has 0 saturated carbocycles. The highest BCUT2D eigenvalue weighted by atomic mass is 16.4. The van der Waals surface area contributed by atoms with Crippen molar-refractivity contribution in [2.75, 3.05) is 5.32 Å². The van der Waals surface area contributed by atoms with Crippen LogP contribution in [0, 0.1) is 0 Å². The second kappa shape index (κ2) is 3.69. The van der Waals surface area contributed by atoms with Crippen LogP contribution in [0.3, 0.4) is 0 Å². The van der Waals surface area contributed by atoms with Crippen LogP contribution in [0.25, 0.3) is 0 Å². The van der Waals surface area contributed by atoms with Gasteiger partial charge in [-0.15, -0.1) is 0 Å². The first-order chi connectivity index (χ1) is 8.65. The molecule has 0 atom stereocenters. The minimum absolute atomic E-state index is 0.125. The van der Waals surface area contributed by atoms with Gasteiger partial charge in [-0.25, -0.2) is 4.79 Å². The van der Waals surface area contributed by atoms with Gasteiger partial charge >= 0.3 is 5.97 Å². The molecule has 1 aromatic carbocycles. The first kappa shape index (κ1) is 10.5. The Morgan fingerprint density at radius 1 is 1.39 bits per heavy atom. The van der Waals surface area contributed by atoms with Gasteiger partial charge in [-0.1, -0.05) is 18.2 Å². The number of benzene rings is 1. The van der Waals surface area contributed by atoms with Gasteiger partial charge < -0.3 is 10.4 Å². The van der Waals surface area contributed by atoms with Gasteiger partial charge in [-0.3, -0.25) is 9.48 Å². The maximum absolute atomic E-state index is 11.9. The maximum atomic E-state index is 11.9. The number of rotatable bonds is 1. The number of amides is 1. The molecule has 1 aromatic heterocycles. The third-order valence-electron chi connectivity index (χ3n) is 2.82. The highest BCUT2D eigenvalue weighted by molar-refractivity contribution is 6.05. The van der Waals surface area contributed by atoms with E-state index in [4.69, 9.17) is 5.11 Å². The van der Waals surface area contributed by atoms with Gasteiger partial charge in [0.2, 0.25) is 0 Å². The molecule has 1 amide bonds. The summed E-state index contributed by atoms with van der Waals surface area (Å²) >= 11 is 0. The molecule has 0 spiro atoms. The number of hydrogen-bond acceptors (Lipinski definition) is 3. The van der Waals surface area contributed by atoms with E-state index in [-0.39, 0.29) is 17.3 Å². The molecule has 0 saturated heterocycles. The summed E-state index contributed by atoms with van der Waals surface area (Å²) in [5.74, 6) is -1.49. The Kier molecular flexibility index (Phi) is 2.16. The van der Waals surface area contributed by atoms with E-state index >= 15 is 0 Å². The Labute approximate surface area is 102 Å². The number of fused-ring (bicyclic) bond motifs is 2. The van der Waals surface area contributed by atoms with Crippen LogP contribution in [0.1, 0.15) is 26.5 Å². The molecule has 0 unspecified atom stereocenters. The van der Waals surface area contributed by atoms with Crippen LogP contribution >= 0.6 is 0 Å². The minimum atomic E-state index is -1.14. The zero-order valence-electron chi connectivity index (χ0n) is 9.25. The summed E-state index contributed by atoms with van der Waals surface area (Å²) in [7, 11) is 0. The molecule has 2 N–H and O–H groups in total. The zero-order chi connectivity index (χ0) is 12.7. The molecule has 3 rings (SSSR count). The fourth-order valence-electron chi connectivity index (χ4n) is 1.95. The number of hydrogen-bond donors (Lipinski definition) is 2. The Morgan fingerprint density at radius 2 is 2.17 bits per heavy atom. The van der Waals surface area contributed by atoms with Crippen molar-refractivity contribution in [3.05, 3.63) is 47.3 Å². The standard InChI is InChI=1S/C12H9N3O3/c16-11-10-5-9(12(17)18)14-15(10)6-7-3-1-2-4-8(7)13-11/h1-5H,6H2,(H,13,16)(H,17,18). The molecule has 18 heavy (non-hydrogen) atoms. The molecule has 1 aliphatic rings. The number of aromatic carboxylic acids is 1. The Hall–Kier alpha value is -2.63. The second-order valence-corrected chi connectivity index (χ2v) is 3.99. The molecule has 2 heterocycles. The lowest BCUT2D eigenvalue weighted by atomic mass is 10.2. The van der Waals surface area contributed by atoms with Gasteiger partial charge in [0.15, 0.2) is 5.69 Å². The number of carboxylic acids is 1. The van der Waals surface area contributed by atoms with Crippen molar-refractivity contribution in [3.63, 3.8) is 0 Å². The summed E-state index contributed by atoms with van der Waals surface area (Å²) in [6.07, 6.45) is 0. The molecule has 0 aliphatic carbocycles. The summed E-state index contributed by atoms with van der Waals surface area (Å²) < 4.78 is 1.41. The number of para-hydroxylation sites is 1. The first-order valence-electron chi connectivity index (χ1n) is 5.35. The lowest BCUT2D eigenvalue weighted by molar-refractivity contribution is 0.0689. The molecule has 0 bridgehead atoms. The molecule has 0 fully saturated rings. The predicted octanol–water partition coefficient (Wildman–Crippen LogP) is 1.20. The van der Waals surface area contributed by atoms with E-state index in [1.54, 1.807) is 6.07 Å². The quantitative estimate of drug-likeness (QED) is 0.788. The molecular weight excluding hydrogens is 234 g/mol. The largest absolute Gasteiger partial charge is 0.476 e. The van der Waals surface area contributed by atoms with Crippen LogP contribution in [-0.4, -0.2) is 26.8 Å². The molecule has 0 radical (unpaired) electrons. The van der Waals surface area contributed by atoms with Gasteiger partial charge in [0.25, 0.3) is 5.91 Å². The Balaban J connectivity index is 2.13. The summed E-state index contributed by atoms with van der Waals surface area (Å²) in [5.41, 5.74) is 1.75. The van der Waals surface area contributed by atoms with Gasteiger partial charge in [-0.2, -0.15) is 5.10 Å². The summed E-state index contributed by atoms with van der Waals surface area (Å²) in [4.78, 5) is 22.8. The van der Waals surface area contributed by atoms with Crippen LogP contribution in [0.5, 0.6) is 0 Å². The highest BCUT2D eigenvalue weighted by Gasteiger charge is 2.22. The molecular formula is C12H9N3O3. The second-order valence-electron chi connectivity index (χ2n) is 3.99. The van der Waals surface area contributed by atoms with Gasteiger partial charge in [0.1, 0.15) is 5.69 Å². The van der Waals surface area contributed by atoms with Crippen molar-refractivity contribution in [1.29, 1.82) is 0 Å². The van der Waals surface area contributed by atoms with Gasteiger partial charge in [-0.05, 0) is 11.6 Å². The number of nitrogens with one attached hydrogen (secondary N) is 1. The van der Waals surface area contributed by atoms with Crippen LogP contribution in [0.4, 0.5) is 5.69 Å². The number of anilines is 1. The average molecular weight is 243 g/mol. The van der Waals surface area contributed by atoms with Crippen molar-refractivity contribution in [2.45, 2.75) is 6.54 Å². The smallest absolute Gasteiger partial charge is 0.356 e. The highest BCUT2D eigenvalue weighted by Crippen LogP contribution is 2.22. The van der Waals surface area contributed by atoms with Crippen molar-refractivity contribution in [1.82, 2.24) is 9.78 Å². The topological polar surface area (TPSA) is 84.2 Å². The van der Waals surface area contributed by atoms with Crippen LogP contribution in [-0.2, 0) is 6.54 Å². The van der Waals surface area contributed by atoms with Crippen molar-refractivity contribution in [3.8, 4) is 0 Å². The normalized spacial score (nSPS) is 13.2. The average Bonchev–Trinajstić information content (AvgIpc) is 2.71. The van der Waals surface area contributed by atoms with E-state index < -0.39 is 5.97 Å². The predicted molar refractivity (Wildman–Crippen MR) is 62.7 cm³/mol. The van der Waals surface area contributed by atoms with Crippen LogP contribution in [0.15, 0.2) is 30.3 Å². The minimum Gasteiger partial charge on any atom is -0.476 e. The van der Waals surface area contributed by atoms with Crippen LogP contribution < -0.4 is 5.32 Å².